The molecular weight excluding hydrogens is 410 g/mol. The van der Waals surface area contributed by atoms with Crippen LogP contribution in [0.4, 0.5) is 4.79 Å². The maximum absolute atomic E-state index is 13.3. The Morgan fingerprint density at radius 1 is 1.19 bits per heavy atom. The van der Waals surface area contributed by atoms with Gasteiger partial charge in [-0.05, 0) is 72.5 Å². The van der Waals surface area contributed by atoms with Crippen LogP contribution in [0.15, 0.2) is 6.07 Å². The van der Waals surface area contributed by atoms with Crippen LogP contribution in [0.5, 0.6) is 0 Å². The van der Waals surface area contributed by atoms with Crippen molar-refractivity contribution in [2.75, 3.05) is 46.4 Å². The van der Waals surface area contributed by atoms with Gasteiger partial charge in [0, 0.05) is 20.1 Å². The molecule has 180 valence electrons. The van der Waals surface area contributed by atoms with Crippen molar-refractivity contribution >= 4 is 12.0 Å². The molecule has 1 atom stereocenters. The van der Waals surface area contributed by atoms with Crippen LogP contribution in [0, 0.1) is 6.92 Å². The lowest BCUT2D eigenvalue weighted by Gasteiger charge is -2.44. The van der Waals surface area contributed by atoms with Crippen molar-refractivity contribution in [2.24, 2.45) is 0 Å². The van der Waals surface area contributed by atoms with Gasteiger partial charge in [0.1, 0.15) is 16.9 Å². The van der Waals surface area contributed by atoms with Crippen molar-refractivity contribution in [3.8, 4) is 0 Å². The number of morpholine rings is 1. The van der Waals surface area contributed by atoms with E-state index < -0.39 is 11.2 Å². The van der Waals surface area contributed by atoms with Crippen LogP contribution in [-0.4, -0.2) is 89.2 Å². The van der Waals surface area contributed by atoms with Crippen LogP contribution in [0.25, 0.3) is 0 Å². The van der Waals surface area contributed by atoms with Gasteiger partial charge in [0.25, 0.3) is 5.91 Å². The largest absolute Gasteiger partial charge is 0.444 e. The minimum Gasteiger partial charge on any atom is -0.444 e. The van der Waals surface area contributed by atoms with Crippen molar-refractivity contribution < 1.29 is 19.1 Å². The fourth-order valence-electron chi connectivity index (χ4n) is 4.41. The number of hydrogen-bond donors (Lipinski definition) is 1. The summed E-state index contributed by atoms with van der Waals surface area (Å²) in [6.45, 7) is 11.7. The number of likely N-dealkylation sites (N-methyl/N-ethyl adjacent to an activating group) is 1. The summed E-state index contributed by atoms with van der Waals surface area (Å²) in [5.74, 6) is -0.0712. The number of nitrogens with zero attached hydrogens (tertiary/aromatic N) is 4. The normalized spacial score (nSPS) is 24.2. The molecule has 0 aromatic carbocycles. The number of amides is 2. The number of aryl methyl sites for hydroxylation is 2. The van der Waals surface area contributed by atoms with E-state index in [9.17, 15) is 9.59 Å². The van der Waals surface area contributed by atoms with Crippen molar-refractivity contribution in [3.05, 3.63) is 17.5 Å². The molecule has 0 bridgehead atoms. The van der Waals surface area contributed by atoms with E-state index in [-0.39, 0.29) is 12.0 Å². The highest BCUT2D eigenvalue weighted by atomic mass is 16.6. The SMILES string of the molecule is Cc1cc2n(n1)CCCCNCCCC1(CN(C)C2=O)CN(C(=O)OC(C)(C)C)CCO1. The van der Waals surface area contributed by atoms with Gasteiger partial charge in [-0.1, -0.05) is 0 Å². The minimum atomic E-state index is -0.634. The average Bonchev–Trinajstić information content (AvgIpc) is 3.08. The van der Waals surface area contributed by atoms with Crippen LogP contribution in [0.2, 0.25) is 0 Å². The Bertz CT molecular complexity index is 803. The Hall–Kier alpha value is -2.13. The number of carbonyl (C=O) groups excluding carboxylic acids is 2. The van der Waals surface area contributed by atoms with Gasteiger partial charge in [0.2, 0.25) is 0 Å². The Kier molecular flexibility index (Phi) is 7.82. The highest BCUT2D eigenvalue weighted by Crippen LogP contribution is 2.27. The predicted octanol–water partition coefficient (Wildman–Crippen LogP) is 2.43. The minimum absolute atomic E-state index is 0.0712. The first kappa shape index (κ1) is 24.5. The highest BCUT2D eigenvalue weighted by Gasteiger charge is 2.41. The van der Waals surface area contributed by atoms with Crippen LogP contribution in [-0.2, 0) is 16.0 Å². The Morgan fingerprint density at radius 3 is 2.69 bits per heavy atom. The smallest absolute Gasteiger partial charge is 0.410 e. The molecule has 1 aromatic heterocycles. The van der Waals surface area contributed by atoms with Gasteiger partial charge in [-0.3, -0.25) is 9.48 Å². The van der Waals surface area contributed by atoms with Gasteiger partial charge in [-0.25, -0.2) is 4.79 Å². The third kappa shape index (κ3) is 6.45. The second-order valence-corrected chi connectivity index (χ2v) is 10.0. The van der Waals surface area contributed by atoms with Crippen molar-refractivity contribution in [2.45, 2.75) is 71.1 Å². The molecule has 9 nitrogen and oxygen atoms in total. The average molecular weight is 450 g/mol. The number of ether oxygens (including phenoxy) is 2. The van der Waals surface area contributed by atoms with E-state index in [1.54, 1.807) is 16.8 Å². The second kappa shape index (κ2) is 10.2. The molecule has 1 spiro atoms. The molecule has 1 saturated heterocycles. The molecule has 1 unspecified atom stereocenters. The fraction of sp³-hybridized carbons (Fsp3) is 0.783. The van der Waals surface area contributed by atoms with E-state index in [0.29, 0.717) is 31.9 Å². The molecule has 1 fully saturated rings. The maximum atomic E-state index is 13.3. The molecule has 0 aliphatic carbocycles. The highest BCUT2D eigenvalue weighted by molar-refractivity contribution is 5.92. The Balaban J connectivity index is 1.82. The lowest BCUT2D eigenvalue weighted by molar-refractivity contribution is -0.120. The van der Waals surface area contributed by atoms with Crippen LogP contribution >= 0.6 is 0 Å². The molecule has 2 amide bonds. The van der Waals surface area contributed by atoms with E-state index >= 15 is 0 Å². The first-order valence-corrected chi connectivity index (χ1v) is 11.7. The number of rotatable bonds is 0. The zero-order valence-corrected chi connectivity index (χ0v) is 20.3. The summed E-state index contributed by atoms with van der Waals surface area (Å²) in [5, 5.41) is 8.03. The zero-order chi connectivity index (χ0) is 23.4. The van der Waals surface area contributed by atoms with Crippen LogP contribution in [0.3, 0.4) is 0 Å². The number of aromatic nitrogens is 2. The monoisotopic (exact) mass is 449 g/mol. The third-order valence-corrected chi connectivity index (χ3v) is 5.85. The van der Waals surface area contributed by atoms with E-state index in [4.69, 9.17) is 9.47 Å². The molecule has 1 N–H and O–H groups in total. The van der Waals surface area contributed by atoms with E-state index in [1.165, 1.54) is 0 Å². The van der Waals surface area contributed by atoms with Crippen molar-refractivity contribution in [3.63, 3.8) is 0 Å². The number of fused-ring (bicyclic) bond motifs is 1. The zero-order valence-electron chi connectivity index (χ0n) is 20.3. The summed E-state index contributed by atoms with van der Waals surface area (Å²) in [6, 6.07) is 1.85. The third-order valence-electron chi connectivity index (χ3n) is 5.85. The molecule has 3 heterocycles. The standard InChI is InChI=1S/C23H39N5O4/c1-18-15-19-20(29)26(5)16-23(9-8-11-24-10-6-7-12-28(19)25-18)17-27(13-14-31-23)21(30)32-22(2,3)4/h15,24H,6-14,16-17H2,1-5H3. The van der Waals surface area contributed by atoms with Crippen LogP contribution in [0.1, 0.15) is 62.6 Å². The van der Waals surface area contributed by atoms with Gasteiger partial charge in [-0.15, -0.1) is 0 Å². The molecule has 2 aliphatic rings. The van der Waals surface area contributed by atoms with E-state index in [0.717, 1.165) is 51.0 Å². The summed E-state index contributed by atoms with van der Waals surface area (Å²) < 4.78 is 13.7. The first-order chi connectivity index (χ1) is 15.1. The van der Waals surface area contributed by atoms with E-state index in [2.05, 4.69) is 10.4 Å². The molecule has 1 aromatic rings. The molecule has 2 aliphatic heterocycles. The van der Waals surface area contributed by atoms with Crippen molar-refractivity contribution in [1.29, 1.82) is 0 Å². The maximum Gasteiger partial charge on any atom is 0.410 e. The molecule has 0 saturated carbocycles. The molecular formula is C23H39N5O4. The summed E-state index contributed by atoms with van der Waals surface area (Å²) in [4.78, 5) is 29.5. The molecule has 3 rings (SSSR count). The Morgan fingerprint density at radius 2 is 1.94 bits per heavy atom. The van der Waals surface area contributed by atoms with Gasteiger partial charge < -0.3 is 24.6 Å². The second-order valence-electron chi connectivity index (χ2n) is 10.0. The van der Waals surface area contributed by atoms with Gasteiger partial charge in [0.05, 0.1) is 25.4 Å². The number of nitrogens with one attached hydrogen (secondary N) is 1. The molecule has 9 heteroatoms. The molecule has 32 heavy (non-hydrogen) atoms. The summed E-state index contributed by atoms with van der Waals surface area (Å²) in [6.07, 6.45) is 3.31. The van der Waals surface area contributed by atoms with Crippen molar-refractivity contribution in [1.82, 2.24) is 24.9 Å². The predicted molar refractivity (Wildman–Crippen MR) is 122 cm³/mol. The van der Waals surface area contributed by atoms with Gasteiger partial charge >= 0.3 is 6.09 Å². The topological polar surface area (TPSA) is 88.9 Å². The Labute approximate surface area is 191 Å². The lowest BCUT2D eigenvalue weighted by atomic mass is 9.94. The first-order valence-electron chi connectivity index (χ1n) is 11.7. The number of hydrogen-bond acceptors (Lipinski definition) is 6. The molecule has 0 radical (unpaired) electrons. The quantitative estimate of drug-likeness (QED) is 0.654. The lowest BCUT2D eigenvalue weighted by Crippen LogP contribution is -2.59. The summed E-state index contributed by atoms with van der Waals surface area (Å²) >= 11 is 0. The summed E-state index contributed by atoms with van der Waals surface area (Å²) in [7, 11) is 1.80. The number of carbonyl (C=O) groups is 2. The van der Waals surface area contributed by atoms with Crippen LogP contribution < -0.4 is 5.32 Å². The summed E-state index contributed by atoms with van der Waals surface area (Å²) in [5.41, 5.74) is 0.248. The fourth-order valence-corrected chi connectivity index (χ4v) is 4.41. The van der Waals surface area contributed by atoms with Gasteiger partial charge in [0.15, 0.2) is 0 Å². The van der Waals surface area contributed by atoms with Gasteiger partial charge in [-0.2, -0.15) is 5.10 Å². The van der Waals surface area contributed by atoms with E-state index in [1.807, 2.05) is 38.4 Å².